The Balaban J connectivity index is 1.82. The predicted octanol–water partition coefficient (Wildman–Crippen LogP) is 2.76. The molecule has 0 aliphatic heterocycles. The molecule has 0 unspecified atom stereocenters. The zero-order chi connectivity index (χ0) is 18.7. The summed E-state index contributed by atoms with van der Waals surface area (Å²) in [6, 6.07) is 12.6. The lowest BCUT2D eigenvalue weighted by molar-refractivity contribution is -0.133. The molecule has 2 heterocycles. The number of furan rings is 1. The van der Waals surface area contributed by atoms with Crippen LogP contribution >= 0.6 is 11.8 Å². The number of aliphatic imine (C=N–C) groups is 1. The molecule has 0 bridgehead atoms. The van der Waals surface area contributed by atoms with E-state index in [1.54, 1.807) is 24.3 Å². The summed E-state index contributed by atoms with van der Waals surface area (Å²) >= 11 is 0.759. The van der Waals surface area contributed by atoms with Crippen molar-refractivity contribution in [2.75, 3.05) is 5.75 Å². The van der Waals surface area contributed by atoms with Gasteiger partial charge in [0.2, 0.25) is 0 Å². The van der Waals surface area contributed by atoms with Crippen molar-refractivity contribution in [3.8, 4) is 17.5 Å². The molecule has 0 aliphatic rings. The number of nitrogens with two attached hydrogens (primary N) is 1. The number of thioether (sulfide) groups is 1. The third-order valence-electron chi connectivity index (χ3n) is 3.43. The number of hydrogen-bond donors (Lipinski definition) is 4. The Morgan fingerprint density at radius 1 is 1.38 bits per heavy atom. The van der Waals surface area contributed by atoms with Gasteiger partial charge in [-0.25, -0.2) is 4.99 Å². The van der Waals surface area contributed by atoms with Crippen molar-refractivity contribution in [3.05, 3.63) is 47.7 Å². The van der Waals surface area contributed by atoms with E-state index in [-0.39, 0.29) is 22.5 Å². The first-order valence-corrected chi connectivity index (χ1v) is 8.35. The van der Waals surface area contributed by atoms with E-state index in [4.69, 9.17) is 25.9 Å². The fraction of sp³-hybridized carbons (Fsp3) is 0.0588. The van der Waals surface area contributed by atoms with Gasteiger partial charge in [0.15, 0.2) is 22.5 Å². The highest BCUT2D eigenvalue weighted by molar-refractivity contribution is 8.14. The molecule has 0 saturated heterocycles. The van der Waals surface area contributed by atoms with Crippen LogP contribution in [-0.2, 0) is 4.79 Å². The highest BCUT2D eigenvalue weighted by atomic mass is 32.2. The third kappa shape index (κ3) is 3.76. The largest absolute Gasteiger partial charge is 0.481 e. The Morgan fingerprint density at radius 3 is 2.92 bits per heavy atom. The van der Waals surface area contributed by atoms with E-state index in [2.05, 4.69) is 16.0 Å². The van der Waals surface area contributed by atoms with Crippen molar-refractivity contribution in [1.82, 2.24) is 4.98 Å². The van der Waals surface area contributed by atoms with Gasteiger partial charge in [0.25, 0.3) is 0 Å². The SMILES string of the molecule is N#Cc1ccc2[nH]c(-c3ccc(/C(N)=N/C(=N)SCC(=O)O)o3)cc2c1. The lowest BCUT2D eigenvalue weighted by Crippen LogP contribution is -2.14. The van der Waals surface area contributed by atoms with Crippen LogP contribution in [0.15, 0.2) is 45.8 Å². The smallest absolute Gasteiger partial charge is 0.313 e. The second-order valence-electron chi connectivity index (χ2n) is 5.25. The maximum Gasteiger partial charge on any atom is 0.313 e. The number of nitrogens with one attached hydrogen (secondary N) is 2. The molecule has 0 amide bonds. The molecule has 3 rings (SSSR count). The van der Waals surface area contributed by atoms with Crippen molar-refractivity contribution in [3.63, 3.8) is 0 Å². The van der Waals surface area contributed by atoms with Gasteiger partial charge in [0, 0.05) is 10.9 Å². The van der Waals surface area contributed by atoms with Crippen LogP contribution in [0.5, 0.6) is 0 Å². The molecule has 0 fully saturated rings. The number of benzene rings is 1. The molecule has 0 saturated carbocycles. The average Bonchev–Trinajstić information content (AvgIpc) is 3.25. The lowest BCUT2D eigenvalue weighted by Gasteiger charge is -1.98. The maximum absolute atomic E-state index is 10.5. The summed E-state index contributed by atoms with van der Waals surface area (Å²) in [5, 5.41) is 25.8. The number of carbonyl (C=O) groups is 1. The minimum absolute atomic E-state index is 0.0120. The van der Waals surface area contributed by atoms with Crippen LogP contribution in [0.2, 0.25) is 0 Å². The molecule has 2 aromatic heterocycles. The zero-order valence-electron chi connectivity index (χ0n) is 13.3. The summed E-state index contributed by atoms with van der Waals surface area (Å²) in [6.45, 7) is 0. The van der Waals surface area contributed by atoms with Crippen molar-refractivity contribution in [2.24, 2.45) is 10.7 Å². The number of H-pyrrole nitrogens is 1. The van der Waals surface area contributed by atoms with Crippen LogP contribution in [-0.4, -0.2) is 32.8 Å². The van der Waals surface area contributed by atoms with E-state index < -0.39 is 5.97 Å². The Hall–Kier alpha value is -3.51. The highest BCUT2D eigenvalue weighted by Crippen LogP contribution is 2.26. The number of nitrogens with zero attached hydrogens (tertiary/aromatic N) is 2. The molecule has 0 aliphatic carbocycles. The second-order valence-corrected chi connectivity index (χ2v) is 6.21. The van der Waals surface area contributed by atoms with Gasteiger partial charge in [0.05, 0.1) is 23.1 Å². The van der Waals surface area contributed by atoms with Gasteiger partial charge < -0.3 is 20.2 Å². The fourth-order valence-corrected chi connectivity index (χ4v) is 2.71. The van der Waals surface area contributed by atoms with Gasteiger partial charge in [-0.2, -0.15) is 5.26 Å². The number of amidine groups is 2. The summed E-state index contributed by atoms with van der Waals surface area (Å²) in [5.41, 5.74) is 7.96. The van der Waals surface area contributed by atoms with Crippen LogP contribution in [0.25, 0.3) is 22.4 Å². The molecule has 0 radical (unpaired) electrons. The zero-order valence-corrected chi connectivity index (χ0v) is 14.1. The van der Waals surface area contributed by atoms with E-state index in [9.17, 15) is 4.79 Å². The van der Waals surface area contributed by atoms with Crippen molar-refractivity contribution >= 4 is 39.6 Å². The molecule has 0 atom stereocenters. The number of carboxylic acid groups (broad SMARTS) is 1. The van der Waals surface area contributed by atoms with Crippen LogP contribution in [0, 0.1) is 16.7 Å². The fourth-order valence-electron chi connectivity index (χ4n) is 2.28. The lowest BCUT2D eigenvalue weighted by atomic mass is 10.2. The van der Waals surface area contributed by atoms with Gasteiger partial charge in [-0.3, -0.25) is 10.2 Å². The maximum atomic E-state index is 10.5. The molecule has 9 heteroatoms. The normalized spacial score (nSPS) is 11.4. The van der Waals surface area contributed by atoms with E-state index in [0.717, 1.165) is 22.7 Å². The molecule has 5 N–H and O–H groups in total. The highest BCUT2D eigenvalue weighted by Gasteiger charge is 2.12. The first-order chi connectivity index (χ1) is 12.5. The number of hydrogen-bond acceptors (Lipinski definition) is 5. The standard InChI is InChI=1S/C17H13N5O3S/c18-7-9-1-2-11-10(5-9)6-12(21-11)13-3-4-14(25-13)16(19)22-17(20)26-8-15(23)24/h1-6,21H,8H2,(H,23,24)(H3,19,20,22). The average molecular weight is 367 g/mol. The molecular formula is C17H13N5O3S. The number of fused-ring (bicyclic) bond motifs is 1. The summed E-state index contributed by atoms with van der Waals surface area (Å²) in [6.07, 6.45) is 0. The first kappa shape index (κ1) is 17.3. The first-order valence-electron chi connectivity index (χ1n) is 7.37. The van der Waals surface area contributed by atoms with Crippen LogP contribution in [0.4, 0.5) is 0 Å². The third-order valence-corrected chi connectivity index (χ3v) is 4.18. The van der Waals surface area contributed by atoms with Gasteiger partial charge in [0.1, 0.15) is 0 Å². The quantitative estimate of drug-likeness (QED) is 0.411. The monoisotopic (exact) mass is 367 g/mol. The Morgan fingerprint density at radius 2 is 2.19 bits per heavy atom. The molecule has 130 valence electrons. The van der Waals surface area contributed by atoms with E-state index in [1.165, 1.54) is 0 Å². The van der Waals surface area contributed by atoms with Crippen molar-refractivity contribution in [2.45, 2.75) is 0 Å². The Bertz CT molecular complexity index is 1070. The predicted molar refractivity (Wildman–Crippen MR) is 99.3 cm³/mol. The van der Waals surface area contributed by atoms with E-state index in [1.807, 2.05) is 12.1 Å². The summed E-state index contributed by atoms with van der Waals surface area (Å²) in [7, 11) is 0. The van der Waals surface area contributed by atoms with Crippen LogP contribution in [0.1, 0.15) is 11.3 Å². The number of aromatic nitrogens is 1. The van der Waals surface area contributed by atoms with Crippen molar-refractivity contribution in [1.29, 1.82) is 10.7 Å². The minimum Gasteiger partial charge on any atom is -0.481 e. The number of carboxylic acids is 1. The van der Waals surface area contributed by atoms with Crippen molar-refractivity contribution < 1.29 is 14.3 Å². The minimum atomic E-state index is -1.04. The molecule has 3 aromatic rings. The summed E-state index contributed by atoms with van der Waals surface area (Å²) < 4.78 is 5.67. The van der Waals surface area contributed by atoms with Crippen LogP contribution < -0.4 is 5.73 Å². The van der Waals surface area contributed by atoms with E-state index >= 15 is 0 Å². The van der Waals surface area contributed by atoms with Gasteiger partial charge in [-0.05, 0) is 36.4 Å². The molecule has 1 aromatic carbocycles. The van der Waals surface area contributed by atoms with E-state index in [0.29, 0.717) is 17.0 Å². The molecule has 26 heavy (non-hydrogen) atoms. The number of rotatable bonds is 4. The molecule has 8 nitrogen and oxygen atoms in total. The van der Waals surface area contributed by atoms with Gasteiger partial charge in [-0.15, -0.1) is 0 Å². The topological polar surface area (TPSA) is 152 Å². The molecule has 0 spiro atoms. The number of nitriles is 1. The van der Waals surface area contributed by atoms with Gasteiger partial charge >= 0.3 is 5.97 Å². The number of aromatic amines is 1. The van der Waals surface area contributed by atoms with Gasteiger partial charge in [-0.1, -0.05) is 11.8 Å². The number of aliphatic carboxylic acids is 1. The summed E-state index contributed by atoms with van der Waals surface area (Å²) in [4.78, 5) is 17.5. The van der Waals surface area contributed by atoms with Crippen LogP contribution in [0.3, 0.4) is 0 Å². The Kier molecular flexibility index (Phi) is 4.77. The summed E-state index contributed by atoms with van der Waals surface area (Å²) in [5.74, 6) is -0.512. The second kappa shape index (κ2) is 7.16. The Labute approximate surface area is 151 Å². The molecular weight excluding hydrogens is 354 g/mol.